The first-order chi connectivity index (χ1) is 33.2. The summed E-state index contributed by atoms with van der Waals surface area (Å²) in [7, 11) is 0. The number of furan rings is 2. The van der Waals surface area contributed by atoms with Gasteiger partial charge in [-0.3, -0.25) is 0 Å². The lowest BCUT2D eigenvalue weighted by Crippen LogP contribution is -2.11. The Hall–Kier alpha value is -8.92. The Bertz CT molecular complexity index is 3950. The van der Waals surface area contributed by atoms with Crippen LogP contribution in [0.2, 0.25) is 0 Å². The van der Waals surface area contributed by atoms with Crippen LogP contribution < -0.4 is 4.90 Å². The maximum Gasteiger partial charge on any atom is 0.145 e. The van der Waals surface area contributed by atoms with Crippen molar-refractivity contribution in [3.8, 4) is 55.6 Å². The van der Waals surface area contributed by atoms with E-state index in [9.17, 15) is 0 Å². The molecular weight excluding hydrogens is 815 g/mol. The molecule has 0 spiro atoms. The van der Waals surface area contributed by atoms with E-state index < -0.39 is 0 Å². The van der Waals surface area contributed by atoms with Gasteiger partial charge < -0.3 is 13.7 Å². The zero-order valence-corrected chi connectivity index (χ0v) is 36.4. The zero-order valence-electron chi connectivity index (χ0n) is 36.4. The topological polar surface area (TPSA) is 29.5 Å². The predicted molar refractivity (Wildman–Crippen MR) is 280 cm³/mol. The molecule has 0 aliphatic carbocycles. The maximum absolute atomic E-state index is 7.08. The van der Waals surface area contributed by atoms with Crippen LogP contribution in [0.25, 0.3) is 110 Å². The quantitative estimate of drug-likeness (QED) is 0.152. The van der Waals surface area contributed by atoms with Crippen molar-refractivity contribution < 1.29 is 8.83 Å². The second-order valence-electron chi connectivity index (χ2n) is 17.2. The lowest BCUT2D eigenvalue weighted by Gasteiger charge is -2.27. The molecule has 0 atom stereocenters. The summed E-state index contributed by atoms with van der Waals surface area (Å²) in [6.45, 7) is 0. The Morgan fingerprint density at radius 2 is 0.731 bits per heavy atom. The van der Waals surface area contributed by atoms with Gasteiger partial charge in [0.25, 0.3) is 0 Å². The van der Waals surface area contributed by atoms with Gasteiger partial charge in [0, 0.05) is 22.0 Å². The SMILES string of the molecule is c1ccc(-c2ccc3c(c2)oc2cccc(N(c4ccc(-c5cc6ccccc6cc5-c5ccccc5)cc4)c4ccc(-c5ccccc5)c5oc6cc(-c7ccccc7)ccc6c45)c23)cc1. The Balaban J connectivity index is 1.06. The second kappa shape index (κ2) is 16.0. The van der Waals surface area contributed by atoms with Gasteiger partial charge in [-0.2, -0.15) is 0 Å². The molecule has 11 aromatic carbocycles. The number of hydrogen-bond acceptors (Lipinski definition) is 3. The third-order valence-electron chi connectivity index (χ3n) is 13.3. The van der Waals surface area contributed by atoms with Gasteiger partial charge in [0.15, 0.2) is 0 Å². The average Bonchev–Trinajstić information content (AvgIpc) is 3.98. The summed E-state index contributed by atoms with van der Waals surface area (Å²) in [5.41, 5.74) is 17.7. The van der Waals surface area contributed by atoms with Crippen LogP contribution in [0, 0.1) is 0 Å². The van der Waals surface area contributed by atoms with Crippen molar-refractivity contribution in [1.29, 1.82) is 0 Å². The van der Waals surface area contributed by atoms with Crippen LogP contribution in [0.15, 0.2) is 258 Å². The van der Waals surface area contributed by atoms with Crippen molar-refractivity contribution in [1.82, 2.24) is 0 Å². The highest BCUT2D eigenvalue weighted by Gasteiger charge is 2.26. The summed E-state index contributed by atoms with van der Waals surface area (Å²) in [5.74, 6) is 0. The molecular formula is C64H41NO2. The van der Waals surface area contributed by atoms with Crippen molar-refractivity contribution in [2.45, 2.75) is 0 Å². The highest BCUT2D eigenvalue weighted by Crippen LogP contribution is 2.50. The first-order valence-corrected chi connectivity index (χ1v) is 22.8. The molecule has 13 aromatic rings. The smallest absolute Gasteiger partial charge is 0.145 e. The summed E-state index contributed by atoms with van der Waals surface area (Å²) in [6, 6.07) is 88.7. The van der Waals surface area contributed by atoms with Gasteiger partial charge in [0.1, 0.15) is 22.3 Å². The molecule has 0 aliphatic rings. The molecule has 314 valence electrons. The van der Waals surface area contributed by atoms with Crippen molar-refractivity contribution >= 4 is 71.7 Å². The number of nitrogens with zero attached hydrogens (tertiary/aromatic N) is 1. The molecule has 3 heteroatoms. The summed E-state index contributed by atoms with van der Waals surface area (Å²) < 4.78 is 13.9. The lowest BCUT2D eigenvalue weighted by atomic mass is 9.91. The minimum absolute atomic E-state index is 0.824. The molecule has 13 rings (SSSR count). The zero-order chi connectivity index (χ0) is 44.3. The van der Waals surface area contributed by atoms with Crippen LogP contribution in [-0.2, 0) is 0 Å². The molecule has 0 N–H and O–H groups in total. The minimum atomic E-state index is 0.824. The van der Waals surface area contributed by atoms with Crippen molar-refractivity contribution in [3.63, 3.8) is 0 Å². The molecule has 0 radical (unpaired) electrons. The van der Waals surface area contributed by atoms with E-state index >= 15 is 0 Å². The first-order valence-electron chi connectivity index (χ1n) is 22.8. The van der Waals surface area contributed by atoms with Crippen LogP contribution >= 0.6 is 0 Å². The van der Waals surface area contributed by atoms with E-state index in [1.54, 1.807) is 0 Å². The monoisotopic (exact) mass is 855 g/mol. The minimum Gasteiger partial charge on any atom is -0.456 e. The van der Waals surface area contributed by atoms with Gasteiger partial charge in [-0.05, 0) is 134 Å². The van der Waals surface area contributed by atoms with E-state index in [1.807, 2.05) is 0 Å². The van der Waals surface area contributed by atoms with Crippen LogP contribution in [-0.4, -0.2) is 0 Å². The molecule has 0 saturated heterocycles. The lowest BCUT2D eigenvalue weighted by molar-refractivity contribution is 0.669. The van der Waals surface area contributed by atoms with E-state index in [1.165, 1.54) is 27.5 Å². The Morgan fingerprint density at radius 1 is 0.269 bits per heavy atom. The van der Waals surface area contributed by atoms with Crippen molar-refractivity contribution in [3.05, 3.63) is 249 Å². The fraction of sp³-hybridized carbons (Fsp3) is 0. The number of rotatable bonds is 8. The number of anilines is 3. The van der Waals surface area contributed by atoms with E-state index in [4.69, 9.17) is 8.83 Å². The van der Waals surface area contributed by atoms with E-state index in [0.717, 1.165) is 99.9 Å². The molecule has 2 heterocycles. The summed E-state index contributed by atoms with van der Waals surface area (Å²) in [4.78, 5) is 2.40. The van der Waals surface area contributed by atoms with Gasteiger partial charge in [-0.15, -0.1) is 0 Å². The standard InChI is InChI=1S/C64H41NO2/c1-5-16-42(17-6-1)49-30-34-53-60(40-49)66-59-27-15-26-57(62(53)59)65(51-32-28-46(29-33-51)56-39-48-25-14-13-24-47(48)38-55(56)45-22-11-4-12-23-45)58-37-36-52(44-20-9-3-10-21-44)64-63(58)54-35-31-50(41-61(54)67-64)43-18-7-2-8-19-43/h1-41H. The molecule has 0 unspecified atom stereocenters. The van der Waals surface area contributed by atoms with Gasteiger partial charge in [0.05, 0.1) is 22.1 Å². The normalized spacial score (nSPS) is 11.6. The maximum atomic E-state index is 7.08. The van der Waals surface area contributed by atoms with E-state index in [0.29, 0.717) is 0 Å². The predicted octanol–water partition coefficient (Wildman–Crippen LogP) is 18.4. The third kappa shape index (κ3) is 6.67. The molecule has 0 fully saturated rings. The van der Waals surface area contributed by atoms with Gasteiger partial charge in [-0.25, -0.2) is 0 Å². The molecule has 67 heavy (non-hydrogen) atoms. The molecule has 3 nitrogen and oxygen atoms in total. The molecule has 0 amide bonds. The Labute approximate surface area is 388 Å². The summed E-state index contributed by atoms with van der Waals surface area (Å²) in [6.07, 6.45) is 0. The highest BCUT2D eigenvalue weighted by atomic mass is 16.3. The van der Waals surface area contributed by atoms with Crippen LogP contribution in [0.1, 0.15) is 0 Å². The van der Waals surface area contributed by atoms with Crippen molar-refractivity contribution in [2.75, 3.05) is 4.90 Å². The van der Waals surface area contributed by atoms with Gasteiger partial charge in [-0.1, -0.05) is 176 Å². The molecule has 0 bridgehead atoms. The van der Waals surface area contributed by atoms with Crippen LogP contribution in [0.4, 0.5) is 17.1 Å². The molecule has 0 aliphatic heterocycles. The summed E-state index contributed by atoms with van der Waals surface area (Å²) >= 11 is 0. The summed E-state index contributed by atoms with van der Waals surface area (Å²) in [5, 5.41) is 6.61. The number of hydrogen-bond donors (Lipinski definition) is 0. The Kier molecular flexibility index (Phi) is 9.17. The van der Waals surface area contributed by atoms with Crippen molar-refractivity contribution in [2.24, 2.45) is 0 Å². The van der Waals surface area contributed by atoms with Crippen LogP contribution in [0.3, 0.4) is 0 Å². The largest absolute Gasteiger partial charge is 0.456 e. The number of fused-ring (bicyclic) bond motifs is 7. The van der Waals surface area contributed by atoms with Crippen LogP contribution in [0.5, 0.6) is 0 Å². The fourth-order valence-electron chi connectivity index (χ4n) is 10.0. The van der Waals surface area contributed by atoms with Gasteiger partial charge in [0.2, 0.25) is 0 Å². The fourth-order valence-corrected chi connectivity index (χ4v) is 10.0. The Morgan fingerprint density at radius 3 is 1.31 bits per heavy atom. The van der Waals surface area contributed by atoms with E-state index in [-0.39, 0.29) is 0 Å². The highest BCUT2D eigenvalue weighted by molar-refractivity contribution is 6.20. The number of benzene rings is 11. The van der Waals surface area contributed by atoms with E-state index in [2.05, 4.69) is 254 Å². The molecule has 2 aromatic heterocycles. The average molecular weight is 856 g/mol. The van der Waals surface area contributed by atoms with Gasteiger partial charge >= 0.3 is 0 Å². The second-order valence-corrected chi connectivity index (χ2v) is 17.2. The first kappa shape index (κ1) is 38.5. The molecule has 0 saturated carbocycles. The third-order valence-corrected chi connectivity index (χ3v) is 13.3.